The van der Waals surface area contributed by atoms with Gasteiger partial charge in [0.2, 0.25) is 5.91 Å². The fraction of sp³-hybridized carbons (Fsp3) is 0.632. The van der Waals surface area contributed by atoms with Crippen molar-refractivity contribution in [2.45, 2.75) is 51.0 Å². The van der Waals surface area contributed by atoms with Gasteiger partial charge in [-0.3, -0.25) is 9.69 Å². The average Bonchev–Trinajstić information content (AvgIpc) is 3.09. The number of amides is 1. The standard InChI is InChI=1S/C19H28N2O2/c1-2-23-17-7-5-16(6-8-17)15-18(22)20-12-11-19-9-3-13-21(19)14-4-10-19/h5-8H,2-4,9-15H2,1H3,(H,20,22). The van der Waals surface area contributed by atoms with E-state index in [0.29, 0.717) is 18.6 Å². The Morgan fingerprint density at radius 1 is 1.22 bits per heavy atom. The number of benzene rings is 1. The number of fused-ring (bicyclic) bond motifs is 1. The van der Waals surface area contributed by atoms with Gasteiger partial charge in [-0.1, -0.05) is 12.1 Å². The minimum absolute atomic E-state index is 0.119. The quantitative estimate of drug-likeness (QED) is 0.841. The normalized spacial score (nSPS) is 19.5. The van der Waals surface area contributed by atoms with Gasteiger partial charge < -0.3 is 10.1 Å². The summed E-state index contributed by atoms with van der Waals surface area (Å²) in [5.74, 6) is 0.978. The smallest absolute Gasteiger partial charge is 0.224 e. The third-order valence-electron chi connectivity index (χ3n) is 5.32. The van der Waals surface area contributed by atoms with E-state index in [1.54, 1.807) is 0 Å². The summed E-state index contributed by atoms with van der Waals surface area (Å²) in [6.45, 7) is 5.93. The van der Waals surface area contributed by atoms with Crippen molar-refractivity contribution in [2.75, 3.05) is 26.2 Å². The van der Waals surface area contributed by atoms with Crippen LogP contribution in [0.25, 0.3) is 0 Å². The lowest BCUT2D eigenvalue weighted by molar-refractivity contribution is -0.120. The summed E-state index contributed by atoms with van der Waals surface area (Å²) < 4.78 is 5.42. The van der Waals surface area contributed by atoms with Crippen LogP contribution in [0.1, 0.15) is 44.6 Å². The van der Waals surface area contributed by atoms with Crippen LogP contribution in [-0.2, 0) is 11.2 Å². The van der Waals surface area contributed by atoms with E-state index in [9.17, 15) is 4.79 Å². The summed E-state index contributed by atoms with van der Waals surface area (Å²) in [5.41, 5.74) is 1.43. The van der Waals surface area contributed by atoms with E-state index >= 15 is 0 Å². The summed E-state index contributed by atoms with van der Waals surface area (Å²) in [7, 11) is 0. The molecule has 0 aliphatic carbocycles. The molecule has 0 bridgehead atoms. The molecule has 2 saturated heterocycles. The van der Waals surface area contributed by atoms with Crippen molar-refractivity contribution in [1.82, 2.24) is 10.2 Å². The van der Waals surface area contributed by atoms with Crippen LogP contribution in [-0.4, -0.2) is 42.6 Å². The molecule has 1 amide bonds. The van der Waals surface area contributed by atoms with Crippen molar-refractivity contribution in [2.24, 2.45) is 0 Å². The van der Waals surface area contributed by atoms with Gasteiger partial charge in [-0.25, -0.2) is 0 Å². The van der Waals surface area contributed by atoms with Crippen molar-refractivity contribution < 1.29 is 9.53 Å². The molecule has 0 radical (unpaired) electrons. The van der Waals surface area contributed by atoms with Crippen LogP contribution in [0.3, 0.4) is 0 Å². The van der Waals surface area contributed by atoms with E-state index in [2.05, 4.69) is 10.2 Å². The van der Waals surface area contributed by atoms with Crippen molar-refractivity contribution in [3.05, 3.63) is 29.8 Å². The Morgan fingerprint density at radius 3 is 2.57 bits per heavy atom. The molecule has 0 saturated carbocycles. The van der Waals surface area contributed by atoms with Gasteiger partial charge in [0.1, 0.15) is 5.75 Å². The number of carbonyl (C=O) groups is 1. The van der Waals surface area contributed by atoms with E-state index in [0.717, 1.165) is 24.3 Å². The molecule has 4 nitrogen and oxygen atoms in total. The van der Waals surface area contributed by atoms with Gasteiger partial charge >= 0.3 is 0 Å². The number of rotatable bonds is 7. The number of carbonyl (C=O) groups excluding carboxylic acids is 1. The Morgan fingerprint density at radius 2 is 1.91 bits per heavy atom. The van der Waals surface area contributed by atoms with Gasteiger partial charge in [0.25, 0.3) is 0 Å². The molecule has 126 valence electrons. The molecule has 2 fully saturated rings. The molecule has 1 N–H and O–H groups in total. The second kappa shape index (κ2) is 7.35. The maximum absolute atomic E-state index is 12.1. The highest BCUT2D eigenvalue weighted by Crippen LogP contribution is 2.40. The van der Waals surface area contributed by atoms with Gasteiger partial charge in [-0.05, 0) is 69.8 Å². The highest BCUT2D eigenvalue weighted by Gasteiger charge is 2.43. The predicted molar refractivity (Wildman–Crippen MR) is 91.7 cm³/mol. The maximum atomic E-state index is 12.1. The first-order valence-corrected chi connectivity index (χ1v) is 8.95. The predicted octanol–water partition coefficient (Wildman–Crippen LogP) is 2.76. The molecule has 0 aromatic heterocycles. The van der Waals surface area contributed by atoms with E-state index < -0.39 is 0 Å². The zero-order valence-electron chi connectivity index (χ0n) is 14.1. The highest BCUT2D eigenvalue weighted by molar-refractivity contribution is 5.78. The number of ether oxygens (including phenoxy) is 1. The van der Waals surface area contributed by atoms with Crippen molar-refractivity contribution in [1.29, 1.82) is 0 Å². The third-order valence-corrected chi connectivity index (χ3v) is 5.32. The minimum atomic E-state index is 0.119. The summed E-state index contributed by atoms with van der Waals surface area (Å²) in [4.78, 5) is 14.8. The minimum Gasteiger partial charge on any atom is -0.494 e. The van der Waals surface area contributed by atoms with Crippen molar-refractivity contribution in [3.8, 4) is 5.75 Å². The van der Waals surface area contributed by atoms with Crippen LogP contribution in [0.15, 0.2) is 24.3 Å². The summed E-state index contributed by atoms with van der Waals surface area (Å²) in [6.07, 6.45) is 6.80. The SMILES string of the molecule is CCOc1ccc(CC(=O)NCCC23CCCN2CCC3)cc1. The van der Waals surface area contributed by atoms with E-state index in [1.165, 1.54) is 38.8 Å². The van der Waals surface area contributed by atoms with Gasteiger partial charge in [-0.15, -0.1) is 0 Å². The molecule has 1 aromatic carbocycles. The summed E-state index contributed by atoms with van der Waals surface area (Å²) in [5, 5.41) is 3.11. The zero-order chi connectivity index (χ0) is 16.1. The molecule has 1 aromatic rings. The number of hydrogen-bond donors (Lipinski definition) is 1. The van der Waals surface area contributed by atoms with Crippen molar-refractivity contribution >= 4 is 5.91 Å². The fourth-order valence-electron chi connectivity index (χ4n) is 4.19. The molecule has 0 atom stereocenters. The van der Waals surface area contributed by atoms with Crippen LogP contribution in [0.4, 0.5) is 0 Å². The monoisotopic (exact) mass is 316 g/mol. The zero-order valence-corrected chi connectivity index (χ0v) is 14.1. The number of hydrogen-bond acceptors (Lipinski definition) is 3. The Hall–Kier alpha value is -1.55. The van der Waals surface area contributed by atoms with Crippen LogP contribution >= 0.6 is 0 Å². The molecule has 23 heavy (non-hydrogen) atoms. The molecule has 4 heteroatoms. The van der Waals surface area contributed by atoms with Gasteiger partial charge in [0.05, 0.1) is 13.0 Å². The number of nitrogens with zero attached hydrogens (tertiary/aromatic N) is 1. The molecule has 2 aliphatic rings. The number of nitrogens with one attached hydrogen (secondary N) is 1. The molecular weight excluding hydrogens is 288 g/mol. The first-order valence-electron chi connectivity index (χ1n) is 8.95. The van der Waals surface area contributed by atoms with E-state index in [4.69, 9.17) is 4.74 Å². The summed E-state index contributed by atoms with van der Waals surface area (Å²) in [6, 6.07) is 7.80. The van der Waals surface area contributed by atoms with Crippen LogP contribution in [0.5, 0.6) is 5.75 Å². The van der Waals surface area contributed by atoms with Gasteiger partial charge in [-0.2, -0.15) is 0 Å². The Kier molecular flexibility index (Phi) is 5.21. The van der Waals surface area contributed by atoms with Gasteiger partial charge in [0.15, 0.2) is 0 Å². The second-order valence-electron chi connectivity index (χ2n) is 6.77. The van der Waals surface area contributed by atoms with Gasteiger partial charge in [0, 0.05) is 12.1 Å². The first-order chi connectivity index (χ1) is 11.2. The topological polar surface area (TPSA) is 41.6 Å². The molecular formula is C19H28N2O2. The van der Waals surface area contributed by atoms with Crippen molar-refractivity contribution in [3.63, 3.8) is 0 Å². The molecule has 0 spiro atoms. The molecule has 2 heterocycles. The third kappa shape index (κ3) is 3.86. The fourth-order valence-corrected chi connectivity index (χ4v) is 4.19. The second-order valence-corrected chi connectivity index (χ2v) is 6.77. The van der Waals surface area contributed by atoms with Crippen LogP contribution in [0.2, 0.25) is 0 Å². The highest BCUT2D eigenvalue weighted by atomic mass is 16.5. The lowest BCUT2D eigenvalue weighted by atomic mass is 9.90. The first kappa shape index (κ1) is 16.3. The van der Waals surface area contributed by atoms with Crippen LogP contribution < -0.4 is 10.1 Å². The average molecular weight is 316 g/mol. The lowest BCUT2D eigenvalue weighted by Gasteiger charge is -2.32. The molecule has 3 rings (SSSR count). The Labute approximate surface area is 139 Å². The largest absolute Gasteiger partial charge is 0.494 e. The molecule has 2 aliphatic heterocycles. The lowest BCUT2D eigenvalue weighted by Crippen LogP contribution is -2.41. The Bertz CT molecular complexity index is 517. The Balaban J connectivity index is 1.43. The van der Waals surface area contributed by atoms with Crippen LogP contribution in [0, 0.1) is 0 Å². The molecule has 0 unspecified atom stereocenters. The maximum Gasteiger partial charge on any atom is 0.224 e. The van der Waals surface area contributed by atoms with E-state index in [-0.39, 0.29) is 5.91 Å². The summed E-state index contributed by atoms with van der Waals surface area (Å²) >= 11 is 0. The van der Waals surface area contributed by atoms with E-state index in [1.807, 2.05) is 31.2 Å².